The zero-order chi connectivity index (χ0) is 11.0. The zero-order valence-corrected chi connectivity index (χ0v) is 10.0. The van der Waals surface area contributed by atoms with E-state index in [2.05, 4.69) is 42.8 Å². The highest BCUT2D eigenvalue weighted by molar-refractivity contribution is 5.38. The third-order valence-corrected chi connectivity index (χ3v) is 1.98. The lowest BCUT2D eigenvalue weighted by Crippen LogP contribution is -2.22. The number of anilines is 1. The SMILES string of the molecule is CC.CCN(CC)c1ccc(C)cn1. The van der Waals surface area contributed by atoms with E-state index in [0.29, 0.717) is 0 Å². The Bertz CT molecular complexity index is 225. The van der Waals surface area contributed by atoms with Gasteiger partial charge in [-0.2, -0.15) is 0 Å². The molecule has 1 aromatic heterocycles. The van der Waals surface area contributed by atoms with Crippen molar-refractivity contribution in [3.05, 3.63) is 23.9 Å². The normalized spacial score (nSPS) is 8.93. The van der Waals surface area contributed by atoms with Crippen molar-refractivity contribution in [2.24, 2.45) is 0 Å². The van der Waals surface area contributed by atoms with E-state index < -0.39 is 0 Å². The minimum atomic E-state index is 1.02. The second-order valence-corrected chi connectivity index (χ2v) is 2.87. The van der Waals surface area contributed by atoms with Gasteiger partial charge in [-0.1, -0.05) is 19.9 Å². The van der Waals surface area contributed by atoms with E-state index in [4.69, 9.17) is 0 Å². The summed E-state index contributed by atoms with van der Waals surface area (Å²) < 4.78 is 0. The van der Waals surface area contributed by atoms with Crippen molar-refractivity contribution < 1.29 is 0 Å². The number of aromatic nitrogens is 1. The van der Waals surface area contributed by atoms with Gasteiger partial charge in [-0.05, 0) is 32.4 Å². The second-order valence-electron chi connectivity index (χ2n) is 2.87. The molecule has 1 heterocycles. The van der Waals surface area contributed by atoms with Gasteiger partial charge in [0, 0.05) is 19.3 Å². The molecule has 0 amide bonds. The van der Waals surface area contributed by atoms with Crippen molar-refractivity contribution in [2.45, 2.75) is 34.6 Å². The van der Waals surface area contributed by atoms with Gasteiger partial charge >= 0.3 is 0 Å². The lowest BCUT2D eigenvalue weighted by Gasteiger charge is -2.19. The molecule has 0 atom stereocenters. The second kappa shape index (κ2) is 7.36. The summed E-state index contributed by atoms with van der Waals surface area (Å²) in [6.45, 7) is 12.4. The maximum atomic E-state index is 4.35. The molecule has 0 aliphatic rings. The molecule has 0 unspecified atom stereocenters. The van der Waals surface area contributed by atoms with E-state index in [9.17, 15) is 0 Å². The fourth-order valence-electron chi connectivity index (χ4n) is 1.19. The third-order valence-electron chi connectivity index (χ3n) is 1.98. The topological polar surface area (TPSA) is 16.1 Å². The first-order valence-corrected chi connectivity index (χ1v) is 5.45. The summed E-state index contributed by atoms with van der Waals surface area (Å²) in [5.74, 6) is 1.07. The van der Waals surface area contributed by atoms with Gasteiger partial charge in [-0.15, -0.1) is 0 Å². The Labute approximate surface area is 88.0 Å². The van der Waals surface area contributed by atoms with Gasteiger partial charge in [0.25, 0.3) is 0 Å². The number of aryl methyl sites for hydroxylation is 1. The number of pyridine rings is 1. The van der Waals surface area contributed by atoms with E-state index in [-0.39, 0.29) is 0 Å². The average Bonchev–Trinajstić information content (AvgIpc) is 2.25. The fraction of sp³-hybridized carbons (Fsp3) is 0.583. The minimum absolute atomic E-state index is 1.02. The highest BCUT2D eigenvalue weighted by Crippen LogP contribution is 2.09. The van der Waals surface area contributed by atoms with Crippen LogP contribution in [0.5, 0.6) is 0 Å². The average molecular weight is 194 g/mol. The van der Waals surface area contributed by atoms with Crippen LogP contribution < -0.4 is 4.90 Å². The zero-order valence-electron chi connectivity index (χ0n) is 10.0. The molecule has 80 valence electrons. The predicted molar refractivity (Wildman–Crippen MR) is 63.9 cm³/mol. The Morgan fingerprint density at radius 2 is 1.71 bits per heavy atom. The van der Waals surface area contributed by atoms with E-state index in [1.165, 1.54) is 5.56 Å². The first-order chi connectivity index (χ1) is 6.77. The fourth-order valence-corrected chi connectivity index (χ4v) is 1.19. The molecule has 0 aromatic carbocycles. The van der Waals surface area contributed by atoms with Crippen LogP contribution in [0.2, 0.25) is 0 Å². The highest BCUT2D eigenvalue weighted by Gasteiger charge is 2.00. The van der Waals surface area contributed by atoms with Crippen molar-refractivity contribution in [1.29, 1.82) is 0 Å². The molecule has 0 bridgehead atoms. The summed E-state index contributed by atoms with van der Waals surface area (Å²) >= 11 is 0. The summed E-state index contributed by atoms with van der Waals surface area (Å²) in [5.41, 5.74) is 1.21. The van der Waals surface area contributed by atoms with E-state index in [0.717, 1.165) is 18.9 Å². The van der Waals surface area contributed by atoms with Crippen molar-refractivity contribution in [3.8, 4) is 0 Å². The largest absolute Gasteiger partial charge is 0.357 e. The molecule has 0 radical (unpaired) electrons. The van der Waals surface area contributed by atoms with Crippen LogP contribution in [0.4, 0.5) is 5.82 Å². The van der Waals surface area contributed by atoms with Crippen LogP contribution in [0, 0.1) is 6.92 Å². The number of nitrogens with zero attached hydrogens (tertiary/aromatic N) is 2. The summed E-state index contributed by atoms with van der Waals surface area (Å²) in [5, 5.41) is 0. The standard InChI is InChI=1S/C10H16N2.C2H6/c1-4-12(5-2)10-7-6-9(3)8-11-10;1-2/h6-8H,4-5H2,1-3H3;1-2H3. The van der Waals surface area contributed by atoms with Crippen LogP contribution in [0.15, 0.2) is 18.3 Å². The van der Waals surface area contributed by atoms with Crippen LogP contribution in [0.1, 0.15) is 33.3 Å². The smallest absolute Gasteiger partial charge is 0.128 e. The Hall–Kier alpha value is -1.05. The van der Waals surface area contributed by atoms with Crippen LogP contribution in [0.3, 0.4) is 0 Å². The summed E-state index contributed by atoms with van der Waals surface area (Å²) in [6.07, 6.45) is 1.91. The molecule has 14 heavy (non-hydrogen) atoms. The predicted octanol–water partition coefficient (Wildman–Crippen LogP) is 3.26. The van der Waals surface area contributed by atoms with E-state index >= 15 is 0 Å². The summed E-state index contributed by atoms with van der Waals surface area (Å²) in [7, 11) is 0. The first kappa shape index (κ1) is 12.9. The molecule has 2 heteroatoms. The lowest BCUT2D eigenvalue weighted by molar-refractivity contribution is 0.845. The molecule has 0 saturated heterocycles. The molecule has 0 spiro atoms. The minimum Gasteiger partial charge on any atom is -0.357 e. The lowest BCUT2D eigenvalue weighted by atomic mass is 10.3. The summed E-state index contributed by atoms with van der Waals surface area (Å²) in [4.78, 5) is 6.58. The van der Waals surface area contributed by atoms with Gasteiger partial charge in [0.15, 0.2) is 0 Å². The van der Waals surface area contributed by atoms with Gasteiger partial charge in [-0.3, -0.25) is 0 Å². The first-order valence-electron chi connectivity index (χ1n) is 5.45. The van der Waals surface area contributed by atoms with Crippen LogP contribution in [0.25, 0.3) is 0 Å². The maximum Gasteiger partial charge on any atom is 0.128 e. The molecule has 2 nitrogen and oxygen atoms in total. The third kappa shape index (κ3) is 3.77. The van der Waals surface area contributed by atoms with Gasteiger partial charge < -0.3 is 4.90 Å². The van der Waals surface area contributed by atoms with Crippen molar-refractivity contribution >= 4 is 5.82 Å². The Morgan fingerprint density at radius 3 is 2.07 bits per heavy atom. The van der Waals surface area contributed by atoms with Crippen molar-refractivity contribution in [3.63, 3.8) is 0 Å². The molecule has 0 saturated carbocycles. The van der Waals surface area contributed by atoms with Crippen LogP contribution in [-0.4, -0.2) is 18.1 Å². The maximum absolute atomic E-state index is 4.35. The van der Waals surface area contributed by atoms with E-state index in [1.807, 2.05) is 20.0 Å². The number of hydrogen-bond donors (Lipinski definition) is 0. The number of hydrogen-bond acceptors (Lipinski definition) is 2. The molecule has 0 aliphatic carbocycles. The molecule has 0 fully saturated rings. The Kier molecular flexibility index (Phi) is 6.81. The van der Waals surface area contributed by atoms with Gasteiger partial charge in [0.05, 0.1) is 0 Å². The Balaban J connectivity index is 0.000000791. The Morgan fingerprint density at radius 1 is 1.14 bits per heavy atom. The molecule has 1 aromatic rings. The van der Waals surface area contributed by atoms with Gasteiger partial charge in [0.1, 0.15) is 5.82 Å². The molecule has 1 rings (SSSR count). The molecule has 0 N–H and O–H groups in total. The number of rotatable bonds is 3. The quantitative estimate of drug-likeness (QED) is 0.734. The highest BCUT2D eigenvalue weighted by atomic mass is 15.2. The van der Waals surface area contributed by atoms with Crippen molar-refractivity contribution in [1.82, 2.24) is 4.98 Å². The molecular formula is C12H22N2. The molecule has 0 aliphatic heterocycles. The molecular weight excluding hydrogens is 172 g/mol. The van der Waals surface area contributed by atoms with Crippen LogP contribution in [-0.2, 0) is 0 Å². The van der Waals surface area contributed by atoms with E-state index in [1.54, 1.807) is 0 Å². The monoisotopic (exact) mass is 194 g/mol. The van der Waals surface area contributed by atoms with Gasteiger partial charge in [-0.25, -0.2) is 4.98 Å². The summed E-state index contributed by atoms with van der Waals surface area (Å²) in [6, 6.07) is 4.17. The van der Waals surface area contributed by atoms with Crippen molar-refractivity contribution in [2.75, 3.05) is 18.0 Å². The van der Waals surface area contributed by atoms with Crippen LogP contribution >= 0.6 is 0 Å². The van der Waals surface area contributed by atoms with Gasteiger partial charge in [0.2, 0.25) is 0 Å².